The Morgan fingerprint density at radius 1 is 1.38 bits per heavy atom. The number of amides is 1. The molecule has 0 radical (unpaired) electrons. The van der Waals surface area contributed by atoms with Gasteiger partial charge in [0.25, 0.3) is 5.91 Å². The Labute approximate surface area is 152 Å². The van der Waals surface area contributed by atoms with Crippen LogP contribution >= 0.6 is 24.0 Å². The molecule has 0 aliphatic carbocycles. The molecule has 1 aliphatic heterocycles. The van der Waals surface area contributed by atoms with Crippen LogP contribution < -0.4 is 5.73 Å². The van der Waals surface area contributed by atoms with Crippen molar-refractivity contribution in [3.05, 3.63) is 40.3 Å². The molecule has 1 atom stereocenters. The van der Waals surface area contributed by atoms with Gasteiger partial charge in [0.05, 0.1) is 10.7 Å². The first-order valence-electron chi connectivity index (χ1n) is 7.71. The summed E-state index contributed by atoms with van der Waals surface area (Å²) in [4.78, 5) is 18.9. The number of aryl methyl sites for hydroxylation is 2. The Morgan fingerprint density at radius 2 is 2.12 bits per heavy atom. The van der Waals surface area contributed by atoms with Gasteiger partial charge in [-0.05, 0) is 44.9 Å². The van der Waals surface area contributed by atoms with Gasteiger partial charge in [-0.2, -0.15) is 5.10 Å². The Kier molecular flexibility index (Phi) is 5.85. The Bertz CT molecular complexity index is 746. The third-order valence-corrected chi connectivity index (χ3v) is 4.31. The summed E-state index contributed by atoms with van der Waals surface area (Å²) in [5.74, 6) is 0.415. The van der Waals surface area contributed by atoms with Crippen molar-refractivity contribution in [2.24, 2.45) is 5.73 Å². The van der Waals surface area contributed by atoms with Crippen LogP contribution in [0.4, 0.5) is 0 Å². The van der Waals surface area contributed by atoms with Crippen LogP contribution in [0.3, 0.4) is 0 Å². The molecule has 8 heteroatoms. The molecule has 0 spiro atoms. The van der Waals surface area contributed by atoms with E-state index in [0.717, 1.165) is 24.2 Å². The number of halogens is 2. The van der Waals surface area contributed by atoms with Crippen LogP contribution in [0.2, 0.25) is 5.02 Å². The summed E-state index contributed by atoms with van der Waals surface area (Å²) in [6.07, 6.45) is 1.85. The number of nitrogens with zero attached hydrogens (tertiary/aromatic N) is 4. The fourth-order valence-corrected chi connectivity index (χ4v) is 3.09. The smallest absolute Gasteiger partial charge is 0.274 e. The normalized spacial score (nSPS) is 17.5. The van der Waals surface area contributed by atoms with Gasteiger partial charge in [0.2, 0.25) is 0 Å². The van der Waals surface area contributed by atoms with Gasteiger partial charge in [-0.15, -0.1) is 12.4 Å². The monoisotopic (exact) mass is 369 g/mol. The first-order valence-corrected chi connectivity index (χ1v) is 8.08. The highest BCUT2D eigenvalue weighted by molar-refractivity contribution is 6.33. The topological polar surface area (TPSA) is 77.0 Å². The van der Waals surface area contributed by atoms with Crippen LogP contribution in [0.5, 0.6) is 0 Å². The van der Waals surface area contributed by atoms with E-state index in [1.807, 2.05) is 19.9 Å². The van der Waals surface area contributed by atoms with Crippen molar-refractivity contribution < 1.29 is 4.79 Å². The van der Waals surface area contributed by atoms with Crippen molar-refractivity contribution in [2.75, 3.05) is 13.1 Å². The standard InChI is InChI=1S/C16H20ClN5O.ClH/c1-10-8-11(2)22(20-10)14-6-5-13(17)15(19-14)16(23)21-7-3-4-12(18)9-21;/h5-6,8,12H,3-4,7,9,18H2,1-2H3;1H. The molecule has 1 fully saturated rings. The molecule has 2 N–H and O–H groups in total. The van der Waals surface area contributed by atoms with Crippen LogP contribution in [-0.2, 0) is 0 Å². The molecular weight excluding hydrogens is 349 g/mol. The summed E-state index contributed by atoms with van der Waals surface area (Å²) in [7, 11) is 0. The van der Waals surface area contributed by atoms with Gasteiger partial charge in [0.15, 0.2) is 5.82 Å². The number of pyridine rings is 1. The summed E-state index contributed by atoms with van der Waals surface area (Å²) >= 11 is 6.21. The summed E-state index contributed by atoms with van der Waals surface area (Å²) in [5.41, 5.74) is 8.07. The molecule has 6 nitrogen and oxygen atoms in total. The Balaban J connectivity index is 0.00000208. The van der Waals surface area contributed by atoms with E-state index in [2.05, 4.69) is 10.1 Å². The molecule has 1 amide bonds. The molecule has 1 aliphatic rings. The number of carbonyl (C=O) groups excluding carboxylic acids is 1. The fourth-order valence-electron chi connectivity index (χ4n) is 2.90. The number of hydrogen-bond donors (Lipinski definition) is 1. The van der Waals surface area contributed by atoms with Crippen molar-refractivity contribution in [1.29, 1.82) is 0 Å². The molecule has 130 valence electrons. The van der Waals surface area contributed by atoms with E-state index in [1.54, 1.807) is 21.7 Å². The van der Waals surface area contributed by atoms with Crippen molar-refractivity contribution in [1.82, 2.24) is 19.7 Å². The molecule has 2 aromatic rings. The predicted octanol–water partition coefficient (Wildman–Crippen LogP) is 2.52. The molecular formula is C16H21Cl2N5O. The number of hydrogen-bond acceptors (Lipinski definition) is 4. The lowest BCUT2D eigenvalue weighted by atomic mass is 10.1. The lowest BCUT2D eigenvalue weighted by molar-refractivity contribution is 0.0703. The highest BCUT2D eigenvalue weighted by Gasteiger charge is 2.25. The molecule has 1 saturated heterocycles. The quantitative estimate of drug-likeness (QED) is 0.881. The average molecular weight is 370 g/mol. The maximum Gasteiger partial charge on any atom is 0.274 e. The second-order valence-electron chi connectivity index (χ2n) is 5.99. The van der Waals surface area contributed by atoms with Crippen molar-refractivity contribution in [2.45, 2.75) is 32.7 Å². The molecule has 2 aromatic heterocycles. The molecule has 0 aromatic carbocycles. The molecule has 1 unspecified atom stereocenters. The minimum Gasteiger partial charge on any atom is -0.336 e. The fraction of sp³-hybridized carbons (Fsp3) is 0.438. The summed E-state index contributed by atoms with van der Waals surface area (Å²) in [6.45, 7) is 5.09. The van der Waals surface area contributed by atoms with Crippen LogP contribution in [0, 0.1) is 13.8 Å². The van der Waals surface area contributed by atoms with Gasteiger partial charge >= 0.3 is 0 Å². The molecule has 0 saturated carbocycles. The average Bonchev–Trinajstić information content (AvgIpc) is 2.86. The Morgan fingerprint density at radius 3 is 2.75 bits per heavy atom. The predicted molar refractivity (Wildman–Crippen MR) is 96.2 cm³/mol. The van der Waals surface area contributed by atoms with Crippen LogP contribution in [0.25, 0.3) is 5.82 Å². The third-order valence-electron chi connectivity index (χ3n) is 4.01. The zero-order valence-corrected chi connectivity index (χ0v) is 15.3. The van der Waals surface area contributed by atoms with Gasteiger partial charge in [-0.3, -0.25) is 4.79 Å². The second kappa shape index (κ2) is 7.51. The number of aromatic nitrogens is 3. The number of nitrogens with two attached hydrogens (primary N) is 1. The summed E-state index contributed by atoms with van der Waals surface area (Å²) in [5, 5.41) is 4.75. The highest BCUT2D eigenvalue weighted by Crippen LogP contribution is 2.21. The van der Waals surface area contributed by atoms with E-state index in [9.17, 15) is 4.79 Å². The molecule has 3 rings (SSSR count). The minimum atomic E-state index is -0.173. The van der Waals surface area contributed by atoms with Gasteiger partial charge in [0.1, 0.15) is 5.69 Å². The summed E-state index contributed by atoms with van der Waals surface area (Å²) < 4.78 is 1.71. The van der Waals surface area contributed by atoms with Gasteiger partial charge in [-0.25, -0.2) is 9.67 Å². The zero-order chi connectivity index (χ0) is 16.6. The highest BCUT2D eigenvalue weighted by atomic mass is 35.5. The second-order valence-corrected chi connectivity index (χ2v) is 6.40. The van der Waals surface area contributed by atoms with Crippen LogP contribution in [0.1, 0.15) is 34.7 Å². The number of likely N-dealkylation sites (tertiary alicyclic amines) is 1. The molecule has 3 heterocycles. The molecule has 24 heavy (non-hydrogen) atoms. The molecule has 0 bridgehead atoms. The van der Waals surface area contributed by atoms with E-state index in [0.29, 0.717) is 23.9 Å². The van der Waals surface area contributed by atoms with Gasteiger partial charge in [0, 0.05) is 24.8 Å². The van der Waals surface area contributed by atoms with Gasteiger partial charge < -0.3 is 10.6 Å². The van der Waals surface area contributed by atoms with Crippen molar-refractivity contribution in [3.63, 3.8) is 0 Å². The minimum absolute atomic E-state index is 0. The van der Waals surface area contributed by atoms with Crippen molar-refractivity contribution >= 4 is 29.9 Å². The Hall–Kier alpha value is -1.63. The first kappa shape index (κ1) is 18.7. The number of carbonyl (C=O) groups is 1. The summed E-state index contributed by atoms with van der Waals surface area (Å²) in [6, 6.07) is 5.44. The first-order chi connectivity index (χ1) is 11.0. The number of piperidine rings is 1. The van der Waals surface area contributed by atoms with Crippen LogP contribution in [0.15, 0.2) is 18.2 Å². The largest absolute Gasteiger partial charge is 0.336 e. The SMILES string of the molecule is Cc1cc(C)n(-c2ccc(Cl)c(C(=O)N3CCCC(N)C3)n2)n1.Cl. The lowest BCUT2D eigenvalue weighted by Gasteiger charge is -2.30. The van der Waals surface area contributed by atoms with E-state index in [4.69, 9.17) is 17.3 Å². The maximum absolute atomic E-state index is 12.7. The maximum atomic E-state index is 12.7. The van der Waals surface area contributed by atoms with E-state index < -0.39 is 0 Å². The van der Waals surface area contributed by atoms with E-state index >= 15 is 0 Å². The van der Waals surface area contributed by atoms with Crippen LogP contribution in [-0.4, -0.2) is 44.7 Å². The zero-order valence-electron chi connectivity index (χ0n) is 13.7. The lowest BCUT2D eigenvalue weighted by Crippen LogP contribution is -2.46. The van der Waals surface area contributed by atoms with E-state index in [1.165, 1.54) is 0 Å². The van der Waals surface area contributed by atoms with Crippen molar-refractivity contribution in [3.8, 4) is 5.82 Å². The third kappa shape index (κ3) is 3.71. The van der Waals surface area contributed by atoms with E-state index in [-0.39, 0.29) is 30.0 Å². The number of rotatable bonds is 2. The van der Waals surface area contributed by atoms with Gasteiger partial charge in [-0.1, -0.05) is 11.6 Å².